The van der Waals surface area contributed by atoms with Gasteiger partial charge in [-0.05, 0) is 16.9 Å². The van der Waals surface area contributed by atoms with Gasteiger partial charge in [0.25, 0.3) is 0 Å². The van der Waals surface area contributed by atoms with Crippen LogP contribution in [0.4, 0.5) is 4.39 Å². The van der Waals surface area contributed by atoms with E-state index < -0.39 is 0 Å². The molecule has 3 heteroatoms. The summed E-state index contributed by atoms with van der Waals surface area (Å²) in [6.45, 7) is 19.0. The summed E-state index contributed by atoms with van der Waals surface area (Å²) in [6.07, 6.45) is 0. The molecule has 2 rings (SSSR count). The Bertz CT molecular complexity index is 706. The summed E-state index contributed by atoms with van der Waals surface area (Å²) in [7, 11) is 0. The summed E-state index contributed by atoms with van der Waals surface area (Å²) in [6, 6.07) is 1.99. The van der Waals surface area contributed by atoms with Crippen LogP contribution in [0, 0.1) is 5.82 Å². The van der Waals surface area contributed by atoms with Gasteiger partial charge in [-0.1, -0.05) is 62.3 Å². The average molecular weight is 322 g/mol. The molecule has 0 saturated heterocycles. The zero-order valence-electron chi connectivity index (χ0n) is 15.3. The minimum Gasteiger partial charge on any atom is -0.241 e. The van der Waals surface area contributed by atoms with E-state index in [4.69, 9.17) is 4.98 Å². The van der Waals surface area contributed by atoms with Gasteiger partial charge in [-0.3, -0.25) is 0 Å². The van der Waals surface area contributed by atoms with Crippen LogP contribution in [0.3, 0.4) is 0 Å². The Morgan fingerprint density at radius 1 is 0.864 bits per heavy atom. The monoisotopic (exact) mass is 321 g/mol. The molecule has 122 valence electrons. The molecule has 0 spiro atoms. The number of aromatic nitrogens is 1. The van der Waals surface area contributed by atoms with Gasteiger partial charge in [0.05, 0.1) is 5.69 Å². The van der Waals surface area contributed by atoms with E-state index in [1.165, 1.54) is 4.88 Å². The zero-order chi connectivity index (χ0) is 17.1. The summed E-state index contributed by atoms with van der Waals surface area (Å²) >= 11 is 1.62. The third-order valence-corrected chi connectivity index (χ3v) is 5.27. The van der Waals surface area contributed by atoms with Gasteiger partial charge in [-0.25, -0.2) is 9.37 Å². The molecule has 0 fully saturated rings. The number of hydrogen-bond acceptors (Lipinski definition) is 2. The molecule has 0 atom stereocenters. The second kappa shape index (κ2) is 5.02. The molecule has 0 aromatic carbocycles. The Kier molecular flexibility index (Phi) is 3.97. The van der Waals surface area contributed by atoms with Gasteiger partial charge in [0.15, 0.2) is 0 Å². The fraction of sp³-hybridized carbons (Fsp3) is 0.632. The van der Waals surface area contributed by atoms with Crippen molar-refractivity contribution < 1.29 is 4.39 Å². The molecule has 0 amide bonds. The van der Waals surface area contributed by atoms with Gasteiger partial charge in [-0.2, -0.15) is 0 Å². The second-order valence-electron chi connectivity index (χ2n) is 9.23. The first-order chi connectivity index (χ1) is 9.73. The first-order valence-corrected chi connectivity index (χ1v) is 8.69. The predicted octanol–water partition coefficient (Wildman–Crippen LogP) is 6.33. The van der Waals surface area contributed by atoms with Gasteiger partial charge in [0.2, 0.25) is 0 Å². The number of thiophene rings is 1. The maximum atomic E-state index is 15.3. The second-order valence-corrected chi connectivity index (χ2v) is 10.3. The fourth-order valence-electron chi connectivity index (χ4n) is 2.61. The lowest BCUT2D eigenvalue weighted by atomic mass is 9.77. The van der Waals surface area contributed by atoms with Crippen LogP contribution in [0.5, 0.6) is 0 Å². The van der Waals surface area contributed by atoms with Crippen molar-refractivity contribution in [1.82, 2.24) is 4.98 Å². The van der Waals surface area contributed by atoms with E-state index in [0.717, 1.165) is 16.1 Å². The van der Waals surface area contributed by atoms with Crippen LogP contribution in [0.1, 0.15) is 78.4 Å². The van der Waals surface area contributed by atoms with Crippen LogP contribution >= 0.6 is 11.3 Å². The maximum Gasteiger partial charge on any atom is 0.139 e. The smallest absolute Gasteiger partial charge is 0.139 e. The lowest BCUT2D eigenvalue weighted by Gasteiger charge is -2.29. The Labute approximate surface area is 138 Å². The fourth-order valence-corrected chi connectivity index (χ4v) is 3.70. The van der Waals surface area contributed by atoms with Gasteiger partial charge in [0, 0.05) is 21.2 Å². The summed E-state index contributed by atoms with van der Waals surface area (Å²) in [4.78, 5) is 6.89. The van der Waals surface area contributed by atoms with Gasteiger partial charge < -0.3 is 0 Å². The molecular formula is C19H28FNS. The number of pyridine rings is 1. The topological polar surface area (TPSA) is 12.9 Å². The summed E-state index contributed by atoms with van der Waals surface area (Å²) in [5, 5.41) is 0.674. The molecular weight excluding hydrogens is 293 g/mol. The third-order valence-electron chi connectivity index (χ3n) is 3.82. The molecule has 1 nitrogen and oxygen atoms in total. The molecule has 22 heavy (non-hydrogen) atoms. The molecule has 0 aliphatic carbocycles. The van der Waals surface area contributed by atoms with Crippen molar-refractivity contribution in [1.29, 1.82) is 0 Å². The number of hydrogen-bond donors (Lipinski definition) is 0. The van der Waals surface area contributed by atoms with Gasteiger partial charge in [-0.15, -0.1) is 11.3 Å². The standard InChI is InChI=1S/C19H28FNS/c1-17(2,3)12-10-11-14(20)13(18(4,5)6)15(19(7,8)9)21-16(11)22-12/h10H,1-9H3. The molecule has 2 aromatic rings. The van der Waals surface area contributed by atoms with E-state index in [1.807, 2.05) is 6.07 Å². The molecule has 0 bridgehead atoms. The Hall–Kier alpha value is -0.960. The zero-order valence-corrected chi connectivity index (χ0v) is 16.1. The number of nitrogens with zero attached hydrogens (tertiary/aromatic N) is 1. The summed E-state index contributed by atoms with van der Waals surface area (Å²) in [5.74, 6) is -0.0887. The maximum absolute atomic E-state index is 15.3. The van der Waals surface area contributed by atoms with Crippen molar-refractivity contribution in [3.8, 4) is 0 Å². The first-order valence-electron chi connectivity index (χ1n) is 7.87. The van der Waals surface area contributed by atoms with Crippen LogP contribution in [-0.2, 0) is 16.2 Å². The summed E-state index contributed by atoms with van der Waals surface area (Å²) in [5.41, 5.74) is 1.21. The molecule has 0 unspecified atom stereocenters. The highest BCUT2D eigenvalue weighted by atomic mass is 32.1. The van der Waals surface area contributed by atoms with E-state index in [2.05, 4.69) is 62.3 Å². The van der Waals surface area contributed by atoms with Crippen LogP contribution in [0.25, 0.3) is 10.2 Å². The Balaban J connectivity index is 2.90. The highest BCUT2D eigenvalue weighted by Gasteiger charge is 2.32. The van der Waals surface area contributed by atoms with E-state index >= 15 is 4.39 Å². The largest absolute Gasteiger partial charge is 0.241 e. The molecule has 0 N–H and O–H groups in total. The van der Waals surface area contributed by atoms with E-state index in [1.54, 1.807) is 11.3 Å². The van der Waals surface area contributed by atoms with Gasteiger partial charge >= 0.3 is 0 Å². The van der Waals surface area contributed by atoms with E-state index in [-0.39, 0.29) is 22.1 Å². The normalized spacial score (nSPS) is 13.9. The van der Waals surface area contributed by atoms with Crippen LogP contribution in [0.15, 0.2) is 6.07 Å². The summed E-state index contributed by atoms with van der Waals surface area (Å²) < 4.78 is 15.3. The SMILES string of the molecule is CC(C)(C)c1cc2c(F)c(C(C)(C)C)c(C(C)(C)C)nc2s1. The Morgan fingerprint density at radius 3 is 1.82 bits per heavy atom. The van der Waals surface area contributed by atoms with Crippen molar-refractivity contribution in [3.05, 3.63) is 28.0 Å². The van der Waals surface area contributed by atoms with Crippen LogP contribution < -0.4 is 0 Å². The highest BCUT2D eigenvalue weighted by molar-refractivity contribution is 7.18. The number of fused-ring (bicyclic) bond motifs is 1. The number of halogens is 1. The first kappa shape index (κ1) is 17.4. The molecule has 2 aromatic heterocycles. The highest BCUT2D eigenvalue weighted by Crippen LogP contribution is 2.41. The number of rotatable bonds is 0. The van der Waals surface area contributed by atoms with Crippen molar-refractivity contribution in [2.75, 3.05) is 0 Å². The van der Waals surface area contributed by atoms with Crippen LogP contribution in [0.2, 0.25) is 0 Å². The van der Waals surface area contributed by atoms with Crippen molar-refractivity contribution in [2.45, 2.75) is 78.6 Å². The minimum absolute atomic E-state index is 0.0155. The van der Waals surface area contributed by atoms with Crippen molar-refractivity contribution in [2.24, 2.45) is 0 Å². The Morgan fingerprint density at radius 2 is 1.41 bits per heavy atom. The quantitative estimate of drug-likeness (QED) is 0.552. The average Bonchev–Trinajstić information content (AvgIpc) is 2.69. The van der Waals surface area contributed by atoms with E-state index in [9.17, 15) is 0 Å². The predicted molar refractivity (Wildman–Crippen MR) is 95.7 cm³/mol. The molecule has 0 aliphatic heterocycles. The van der Waals surface area contributed by atoms with Crippen molar-refractivity contribution >= 4 is 21.6 Å². The lowest BCUT2D eigenvalue weighted by molar-refractivity contribution is 0.481. The van der Waals surface area contributed by atoms with E-state index in [0.29, 0.717) is 5.39 Å². The molecule has 0 saturated carbocycles. The van der Waals surface area contributed by atoms with Crippen molar-refractivity contribution in [3.63, 3.8) is 0 Å². The molecule has 0 radical (unpaired) electrons. The van der Waals surface area contributed by atoms with Crippen LogP contribution in [-0.4, -0.2) is 4.98 Å². The minimum atomic E-state index is -0.266. The molecule has 0 aliphatic rings. The lowest BCUT2D eigenvalue weighted by Crippen LogP contribution is -2.25. The van der Waals surface area contributed by atoms with Gasteiger partial charge in [0.1, 0.15) is 10.6 Å². The third kappa shape index (κ3) is 3.05. The molecule has 2 heterocycles.